The lowest BCUT2D eigenvalue weighted by Gasteiger charge is -2.44. The van der Waals surface area contributed by atoms with Crippen LogP contribution >= 0.6 is 0 Å². The smallest absolute Gasteiger partial charge is 0.0286 e. The van der Waals surface area contributed by atoms with Crippen molar-refractivity contribution >= 4 is 0 Å². The van der Waals surface area contributed by atoms with Gasteiger partial charge in [0.15, 0.2) is 0 Å². The topological polar surface area (TPSA) is 0 Å². The van der Waals surface area contributed by atoms with Gasteiger partial charge in [-0.15, -0.1) is 0 Å². The third kappa shape index (κ3) is 0.967. The fraction of sp³-hybridized carbons (Fsp3) is 0.833. The molecule has 2 unspecified atom stereocenters. The van der Waals surface area contributed by atoms with Crippen LogP contribution in [-0.2, 0) is 0 Å². The fourth-order valence-corrected chi connectivity index (χ4v) is 3.33. The minimum atomic E-state index is 1.13. The molecule has 3 rings (SSSR count). The Balaban J connectivity index is 1.84. The van der Waals surface area contributed by atoms with Crippen LogP contribution in [0, 0.1) is 11.8 Å². The zero-order chi connectivity index (χ0) is 7.97. The Morgan fingerprint density at radius 3 is 1.67 bits per heavy atom. The van der Waals surface area contributed by atoms with Gasteiger partial charge < -0.3 is 0 Å². The van der Waals surface area contributed by atoms with E-state index in [0.717, 1.165) is 11.8 Å². The van der Waals surface area contributed by atoms with E-state index in [4.69, 9.17) is 0 Å². The molecule has 1 fully saturated rings. The van der Waals surface area contributed by atoms with Crippen molar-refractivity contribution in [2.45, 2.75) is 51.4 Å². The molecule has 0 N–H and O–H groups in total. The van der Waals surface area contributed by atoms with E-state index < -0.39 is 0 Å². The van der Waals surface area contributed by atoms with Crippen LogP contribution in [-0.4, -0.2) is 0 Å². The van der Waals surface area contributed by atoms with Crippen molar-refractivity contribution in [2.75, 3.05) is 0 Å². The molecular formula is C12H18. The largest absolute Gasteiger partial charge is 0.0707 e. The molecule has 0 aromatic carbocycles. The van der Waals surface area contributed by atoms with Crippen molar-refractivity contribution in [3.05, 3.63) is 11.1 Å². The first kappa shape index (κ1) is 7.17. The quantitative estimate of drug-likeness (QED) is 0.477. The predicted molar refractivity (Wildman–Crippen MR) is 50.9 cm³/mol. The van der Waals surface area contributed by atoms with Crippen molar-refractivity contribution in [3.63, 3.8) is 0 Å². The fourth-order valence-electron chi connectivity index (χ4n) is 3.33. The zero-order valence-corrected chi connectivity index (χ0v) is 7.81. The van der Waals surface area contributed by atoms with Crippen molar-refractivity contribution in [3.8, 4) is 0 Å². The highest BCUT2D eigenvalue weighted by atomic mass is 14.4. The van der Waals surface area contributed by atoms with Crippen molar-refractivity contribution in [1.82, 2.24) is 0 Å². The Hall–Kier alpha value is -0.260. The summed E-state index contributed by atoms with van der Waals surface area (Å²) in [6, 6.07) is 0. The van der Waals surface area contributed by atoms with Gasteiger partial charge in [0.1, 0.15) is 0 Å². The maximum atomic E-state index is 1.89. The predicted octanol–water partition coefficient (Wildman–Crippen LogP) is 3.68. The standard InChI is InChI=1S/C12H18/c1-2-4-10-8-12-6-5-11(12)7-9(10)3-1/h11-12H,1-8H2. The van der Waals surface area contributed by atoms with E-state index in [-0.39, 0.29) is 0 Å². The average Bonchev–Trinajstić information content (AvgIpc) is 2.09. The van der Waals surface area contributed by atoms with Gasteiger partial charge in [-0.1, -0.05) is 11.1 Å². The molecule has 0 radical (unpaired) electrons. The first-order chi connectivity index (χ1) is 5.93. The maximum Gasteiger partial charge on any atom is -0.0286 e. The molecule has 0 aliphatic heterocycles. The van der Waals surface area contributed by atoms with Crippen LogP contribution in [0.25, 0.3) is 0 Å². The SMILES string of the molecule is C1CCC2=C(C1)CC1CCC1C2. The Morgan fingerprint density at radius 1 is 0.750 bits per heavy atom. The summed E-state index contributed by atoms with van der Waals surface area (Å²) in [5.41, 5.74) is 3.78. The molecule has 1 saturated carbocycles. The lowest BCUT2D eigenvalue weighted by molar-refractivity contribution is 0.155. The zero-order valence-electron chi connectivity index (χ0n) is 7.81. The molecule has 0 aromatic heterocycles. The van der Waals surface area contributed by atoms with Gasteiger partial charge >= 0.3 is 0 Å². The maximum absolute atomic E-state index is 1.89. The molecule has 0 bridgehead atoms. The number of allylic oxidation sites excluding steroid dienone is 2. The monoisotopic (exact) mass is 162 g/mol. The summed E-state index contributed by atoms with van der Waals surface area (Å²) in [4.78, 5) is 0. The van der Waals surface area contributed by atoms with Gasteiger partial charge in [-0.05, 0) is 63.2 Å². The first-order valence-electron chi connectivity index (χ1n) is 5.63. The van der Waals surface area contributed by atoms with Crippen LogP contribution in [0.5, 0.6) is 0 Å². The van der Waals surface area contributed by atoms with Crippen molar-refractivity contribution < 1.29 is 0 Å². The molecular weight excluding hydrogens is 144 g/mol. The highest BCUT2D eigenvalue weighted by molar-refractivity contribution is 5.23. The summed E-state index contributed by atoms with van der Waals surface area (Å²) in [5, 5.41) is 0. The molecule has 3 aliphatic rings. The number of hydrogen-bond acceptors (Lipinski definition) is 0. The van der Waals surface area contributed by atoms with Crippen molar-refractivity contribution in [1.29, 1.82) is 0 Å². The minimum absolute atomic E-state index is 1.13. The lowest BCUT2D eigenvalue weighted by Crippen LogP contribution is -2.31. The molecule has 0 heteroatoms. The molecule has 66 valence electrons. The molecule has 0 aromatic rings. The van der Waals surface area contributed by atoms with Gasteiger partial charge in [-0.2, -0.15) is 0 Å². The third-order valence-corrected chi connectivity index (χ3v) is 4.30. The molecule has 2 atom stereocenters. The first-order valence-corrected chi connectivity index (χ1v) is 5.63. The van der Waals surface area contributed by atoms with E-state index in [1.807, 2.05) is 11.1 Å². The summed E-state index contributed by atoms with van der Waals surface area (Å²) in [6.45, 7) is 0. The number of rotatable bonds is 0. The van der Waals surface area contributed by atoms with Gasteiger partial charge in [-0.3, -0.25) is 0 Å². The van der Waals surface area contributed by atoms with Gasteiger partial charge in [0, 0.05) is 0 Å². The Kier molecular flexibility index (Phi) is 1.56. The summed E-state index contributed by atoms with van der Waals surface area (Å²) in [6.07, 6.45) is 12.0. The molecule has 0 spiro atoms. The summed E-state index contributed by atoms with van der Waals surface area (Å²) in [7, 11) is 0. The van der Waals surface area contributed by atoms with Crippen LogP contribution in [0.4, 0.5) is 0 Å². The van der Waals surface area contributed by atoms with E-state index in [9.17, 15) is 0 Å². The van der Waals surface area contributed by atoms with Gasteiger partial charge in [0.2, 0.25) is 0 Å². The second-order valence-electron chi connectivity index (χ2n) is 4.92. The summed E-state index contributed by atoms with van der Waals surface area (Å²) < 4.78 is 0. The molecule has 0 nitrogen and oxygen atoms in total. The van der Waals surface area contributed by atoms with Crippen molar-refractivity contribution in [2.24, 2.45) is 11.8 Å². The second-order valence-corrected chi connectivity index (χ2v) is 4.92. The number of hydrogen-bond donors (Lipinski definition) is 0. The highest BCUT2D eigenvalue weighted by Gasteiger charge is 2.36. The van der Waals surface area contributed by atoms with E-state index in [1.54, 1.807) is 12.8 Å². The van der Waals surface area contributed by atoms with Gasteiger partial charge in [0.25, 0.3) is 0 Å². The van der Waals surface area contributed by atoms with Gasteiger partial charge in [0.05, 0.1) is 0 Å². The molecule has 0 saturated heterocycles. The molecule has 0 heterocycles. The summed E-state index contributed by atoms with van der Waals surface area (Å²) >= 11 is 0. The summed E-state index contributed by atoms with van der Waals surface area (Å²) in [5.74, 6) is 2.25. The number of fused-ring (bicyclic) bond motifs is 1. The highest BCUT2D eigenvalue weighted by Crippen LogP contribution is 2.50. The van der Waals surface area contributed by atoms with Crippen LogP contribution in [0.1, 0.15) is 51.4 Å². The molecule has 3 aliphatic carbocycles. The van der Waals surface area contributed by atoms with Crippen LogP contribution < -0.4 is 0 Å². The minimum Gasteiger partial charge on any atom is -0.0707 e. The molecule has 12 heavy (non-hydrogen) atoms. The van der Waals surface area contributed by atoms with Crippen LogP contribution in [0.15, 0.2) is 11.1 Å². The normalized spacial score (nSPS) is 40.0. The lowest BCUT2D eigenvalue weighted by atomic mass is 9.62. The van der Waals surface area contributed by atoms with Crippen LogP contribution in [0.2, 0.25) is 0 Å². The second kappa shape index (κ2) is 2.61. The van der Waals surface area contributed by atoms with E-state index in [0.29, 0.717) is 0 Å². The van der Waals surface area contributed by atoms with E-state index >= 15 is 0 Å². The van der Waals surface area contributed by atoms with E-state index in [1.165, 1.54) is 38.5 Å². The Bertz CT molecular complexity index is 200. The van der Waals surface area contributed by atoms with E-state index in [2.05, 4.69) is 0 Å². The molecule has 0 amide bonds. The third-order valence-electron chi connectivity index (χ3n) is 4.30. The average molecular weight is 162 g/mol. The Morgan fingerprint density at radius 2 is 1.25 bits per heavy atom. The van der Waals surface area contributed by atoms with Crippen LogP contribution in [0.3, 0.4) is 0 Å². The van der Waals surface area contributed by atoms with Gasteiger partial charge in [-0.25, -0.2) is 0 Å². The Labute approximate surface area is 75.0 Å².